The van der Waals surface area contributed by atoms with E-state index in [9.17, 15) is 13.6 Å². The van der Waals surface area contributed by atoms with E-state index in [1.807, 2.05) is 43.3 Å². The van der Waals surface area contributed by atoms with Crippen LogP contribution in [0.1, 0.15) is 12.5 Å². The van der Waals surface area contributed by atoms with Crippen LogP contribution in [-0.2, 0) is 0 Å². The van der Waals surface area contributed by atoms with Gasteiger partial charge in [0, 0.05) is 24.4 Å². The lowest BCUT2D eigenvalue weighted by Gasteiger charge is -2.11. The summed E-state index contributed by atoms with van der Waals surface area (Å²) >= 11 is 0. The number of aromatic nitrogens is 2. The fraction of sp³-hybridized carbons (Fsp3) is 0.0435. The average Bonchev–Trinajstić information content (AvgIpc) is 2.71. The highest BCUT2D eigenvalue weighted by Crippen LogP contribution is 2.28. The maximum absolute atomic E-state index is 13.9. The average molecular weight is 390 g/mol. The molecule has 2 heterocycles. The highest BCUT2D eigenvalue weighted by molar-refractivity contribution is 5.85. The Balaban J connectivity index is 1.83. The third-order valence-electron chi connectivity index (χ3n) is 4.39. The standard InChI is InChI=1S/C23H16F2N2O2/c1-2-5-15-6-3-4-7-17(15)23-19-9-11-22(26-27(19)13-12-20(23)28)29-21-10-8-16(24)14-18(21)25/h2-14H,1H3. The monoisotopic (exact) mass is 390 g/mol. The summed E-state index contributed by atoms with van der Waals surface area (Å²) in [6, 6.07) is 15.3. The zero-order chi connectivity index (χ0) is 20.4. The molecule has 0 radical (unpaired) electrons. The van der Waals surface area contributed by atoms with Crippen molar-refractivity contribution in [1.82, 2.24) is 9.61 Å². The number of fused-ring (bicyclic) bond motifs is 1. The topological polar surface area (TPSA) is 43.6 Å². The van der Waals surface area contributed by atoms with Crippen molar-refractivity contribution in [2.75, 3.05) is 0 Å². The fourth-order valence-electron chi connectivity index (χ4n) is 3.12. The van der Waals surface area contributed by atoms with Gasteiger partial charge in [-0.1, -0.05) is 36.4 Å². The third kappa shape index (κ3) is 3.65. The van der Waals surface area contributed by atoms with E-state index in [1.165, 1.54) is 22.8 Å². The molecule has 6 heteroatoms. The third-order valence-corrected chi connectivity index (χ3v) is 4.39. The first-order valence-electron chi connectivity index (χ1n) is 8.94. The lowest BCUT2D eigenvalue weighted by atomic mass is 9.98. The van der Waals surface area contributed by atoms with Crippen molar-refractivity contribution in [3.63, 3.8) is 0 Å². The fourth-order valence-corrected chi connectivity index (χ4v) is 3.12. The zero-order valence-corrected chi connectivity index (χ0v) is 15.5. The molecule has 29 heavy (non-hydrogen) atoms. The van der Waals surface area contributed by atoms with Crippen LogP contribution >= 0.6 is 0 Å². The molecule has 0 N–H and O–H groups in total. The van der Waals surface area contributed by atoms with Gasteiger partial charge in [-0.25, -0.2) is 13.3 Å². The maximum Gasteiger partial charge on any atom is 0.237 e. The van der Waals surface area contributed by atoms with E-state index < -0.39 is 11.6 Å². The molecule has 4 rings (SSSR count). The number of benzene rings is 2. The number of halogens is 2. The molecular formula is C23H16F2N2O2. The maximum atomic E-state index is 13.9. The molecule has 4 nitrogen and oxygen atoms in total. The largest absolute Gasteiger partial charge is 0.434 e. The molecule has 0 unspecified atom stereocenters. The number of pyridine rings is 1. The quantitative estimate of drug-likeness (QED) is 0.464. The molecule has 0 saturated heterocycles. The number of allylic oxidation sites excluding steroid dienone is 1. The number of ether oxygens (including phenoxy) is 1. The Hall–Kier alpha value is -3.80. The first-order chi connectivity index (χ1) is 14.1. The second kappa shape index (κ2) is 7.67. The second-order valence-corrected chi connectivity index (χ2v) is 6.32. The van der Waals surface area contributed by atoms with E-state index in [0.717, 1.165) is 23.3 Å². The Bertz CT molecular complexity index is 1300. The first kappa shape index (κ1) is 18.6. The minimum absolute atomic E-state index is 0.111. The molecule has 0 spiro atoms. The van der Waals surface area contributed by atoms with Crippen molar-refractivity contribution < 1.29 is 13.5 Å². The SMILES string of the molecule is CC=Cc1ccccc1-c1c(=O)ccn2nc(Oc3ccc(F)cc3F)ccc12. The van der Waals surface area contributed by atoms with Crippen LogP contribution in [-0.4, -0.2) is 9.61 Å². The van der Waals surface area contributed by atoms with Crippen LogP contribution in [0.15, 0.2) is 77.7 Å². The smallest absolute Gasteiger partial charge is 0.237 e. The van der Waals surface area contributed by atoms with E-state index in [4.69, 9.17) is 4.74 Å². The van der Waals surface area contributed by atoms with Gasteiger partial charge in [0.2, 0.25) is 5.88 Å². The number of nitrogens with zero attached hydrogens (tertiary/aromatic N) is 2. The van der Waals surface area contributed by atoms with Crippen LogP contribution in [0, 0.1) is 11.6 Å². The van der Waals surface area contributed by atoms with Gasteiger partial charge in [0.05, 0.1) is 11.1 Å². The van der Waals surface area contributed by atoms with E-state index >= 15 is 0 Å². The van der Waals surface area contributed by atoms with Crippen LogP contribution in [0.3, 0.4) is 0 Å². The molecular weight excluding hydrogens is 374 g/mol. The number of rotatable bonds is 4. The van der Waals surface area contributed by atoms with Gasteiger partial charge in [-0.3, -0.25) is 4.79 Å². The van der Waals surface area contributed by atoms with Gasteiger partial charge in [0.15, 0.2) is 17.0 Å². The van der Waals surface area contributed by atoms with Crippen molar-refractivity contribution in [3.8, 4) is 22.8 Å². The van der Waals surface area contributed by atoms with E-state index in [2.05, 4.69) is 5.10 Å². The van der Waals surface area contributed by atoms with Crippen LogP contribution < -0.4 is 10.2 Å². The van der Waals surface area contributed by atoms with Crippen LogP contribution in [0.2, 0.25) is 0 Å². The second-order valence-electron chi connectivity index (χ2n) is 6.32. The molecule has 2 aromatic heterocycles. The summed E-state index contributed by atoms with van der Waals surface area (Å²) in [6.45, 7) is 1.91. The molecule has 0 saturated carbocycles. The van der Waals surface area contributed by atoms with Crippen molar-refractivity contribution in [2.45, 2.75) is 6.92 Å². The van der Waals surface area contributed by atoms with Gasteiger partial charge < -0.3 is 4.74 Å². The van der Waals surface area contributed by atoms with Gasteiger partial charge in [-0.05, 0) is 36.2 Å². The van der Waals surface area contributed by atoms with Gasteiger partial charge in [-0.2, -0.15) is 0 Å². The number of hydrogen-bond acceptors (Lipinski definition) is 3. The minimum Gasteiger partial charge on any atom is -0.434 e. The highest BCUT2D eigenvalue weighted by Gasteiger charge is 2.13. The van der Waals surface area contributed by atoms with Gasteiger partial charge >= 0.3 is 0 Å². The predicted molar refractivity (Wildman–Crippen MR) is 108 cm³/mol. The molecule has 144 valence electrons. The van der Waals surface area contributed by atoms with Gasteiger partial charge in [0.25, 0.3) is 0 Å². The Labute approximate surface area is 165 Å². The summed E-state index contributed by atoms with van der Waals surface area (Å²) in [5.74, 6) is -1.55. The molecule has 0 fully saturated rings. The van der Waals surface area contributed by atoms with Crippen LogP contribution in [0.5, 0.6) is 11.6 Å². The van der Waals surface area contributed by atoms with E-state index in [0.29, 0.717) is 11.1 Å². The van der Waals surface area contributed by atoms with Gasteiger partial charge in [0.1, 0.15) is 5.82 Å². The Morgan fingerprint density at radius 1 is 1.03 bits per heavy atom. The zero-order valence-electron chi connectivity index (χ0n) is 15.5. The molecule has 0 aliphatic heterocycles. The lowest BCUT2D eigenvalue weighted by molar-refractivity contribution is 0.416. The molecule has 0 amide bonds. The summed E-state index contributed by atoms with van der Waals surface area (Å²) in [5.41, 5.74) is 2.65. The predicted octanol–water partition coefficient (Wildman–Crippen LogP) is 5.47. The normalized spacial score (nSPS) is 11.3. The Morgan fingerprint density at radius 3 is 2.66 bits per heavy atom. The lowest BCUT2D eigenvalue weighted by Crippen LogP contribution is -2.09. The molecule has 2 aromatic carbocycles. The van der Waals surface area contributed by atoms with Crippen molar-refractivity contribution >= 4 is 11.6 Å². The molecule has 4 aromatic rings. The number of hydrogen-bond donors (Lipinski definition) is 0. The van der Waals surface area contributed by atoms with Gasteiger partial charge in [-0.15, -0.1) is 5.10 Å². The van der Waals surface area contributed by atoms with E-state index in [-0.39, 0.29) is 17.1 Å². The molecule has 0 aliphatic rings. The van der Waals surface area contributed by atoms with Crippen molar-refractivity contribution in [1.29, 1.82) is 0 Å². The summed E-state index contributed by atoms with van der Waals surface area (Å²) < 4.78 is 33.9. The summed E-state index contributed by atoms with van der Waals surface area (Å²) in [4.78, 5) is 12.7. The summed E-state index contributed by atoms with van der Waals surface area (Å²) in [6.07, 6.45) is 5.36. The van der Waals surface area contributed by atoms with Crippen molar-refractivity contribution in [3.05, 3.63) is 100 Å². The molecule has 0 bridgehead atoms. The molecule has 0 aliphatic carbocycles. The Morgan fingerprint density at radius 2 is 1.86 bits per heavy atom. The van der Waals surface area contributed by atoms with Crippen LogP contribution in [0.4, 0.5) is 8.78 Å². The highest BCUT2D eigenvalue weighted by atomic mass is 19.1. The van der Waals surface area contributed by atoms with Crippen LogP contribution in [0.25, 0.3) is 22.7 Å². The molecule has 0 atom stereocenters. The van der Waals surface area contributed by atoms with Crippen molar-refractivity contribution in [2.24, 2.45) is 0 Å². The minimum atomic E-state index is -0.826. The summed E-state index contributed by atoms with van der Waals surface area (Å²) in [5, 5.41) is 4.31. The first-order valence-corrected chi connectivity index (χ1v) is 8.94. The Kier molecular flexibility index (Phi) is 4.91. The van der Waals surface area contributed by atoms with E-state index in [1.54, 1.807) is 12.1 Å². The summed E-state index contributed by atoms with van der Waals surface area (Å²) in [7, 11) is 0.